The molecule has 8 nitrogen and oxygen atoms in total. The molecule has 0 bridgehead atoms. The molecule has 0 saturated carbocycles. The lowest BCUT2D eigenvalue weighted by Crippen LogP contribution is -2.63. The maximum atomic E-state index is 12.4. The molecule has 1 aliphatic rings. The molecule has 1 fully saturated rings. The van der Waals surface area contributed by atoms with Crippen LogP contribution in [0.3, 0.4) is 0 Å². The fraction of sp³-hybridized carbons (Fsp3) is 0.227. The molecule has 1 heterocycles. The van der Waals surface area contributed by atoms with Gasteiger partial charge >= 0.3 is 5.97 Å². The van der Waals surface area contributed by atoms with Crippen molar-refractivity contribution in [3.8, 4) is 11.5 Å². The minimum Gasteiger partial charge on any atom is -0.496 e. The Balaban J connectivity index is 1.69. The van der Waals surface area contributed by atoms with Gasteiger partial charge < -0.3 is 24.8 Å². The Kier molecular flexibility index (Phi) is 6.69. The zero-order chi connectivity index (χ0) is 21.5. The predicted octanol–water partition coefficient (Wildman–Crippen LogP) is 1.61. The van der Waals surface area contributed by atoms with Crippen LogP contribution in [0.25, 0.3) is 0 Å². The summed E-state index contributed by atoms with van der Waals surface area (Å²) in [5, 5.41) is 11.7. The van der Waals surface area contributed by atoms with Crippen molar-refractivity contribution in [3.05, 3.63) is 71.9 Å². The number of hydrogen-bond donors (Lipinski definition) is 2. The average molecular weight is 410 g/mol. The summed E-state index contributed by atoms with van der Waals surface area (Å²) in [7, 11) is 1.56. The number of ether oxygens (including phenoxy) is 2. The van der Waals surface area contributed by atoms with Crippen LogP contribution >= 0.6 is 0 Å². The van der Waals surface area contributed by atoms with E-state index in [0.29, 0.717) is 23.6 Å². The number of carbonyl (C=O) groups excluding carboxylic acids is 2. The second-order valence-electron chi connectivity index (χ2n) is 6.57. The molecule has 0 aliphatic carbocycles. The van der Waals surface area contributed by atoms with Crippen LogP contribution in [0.15, 0.2) is 66.4 Å². The third-order valence-electron chi connectivity index (χ3n) is 4.56. The molecule has 2 amide bonds. The number of benzene rings is 2. The molecular weight excluding hydrogens is 388 g/mol. The Morgan fingerprint density at radius 2 is 1.83 bits per heavy atom. The minimum atomic E-state index is -1.14. The molecule has 1 atom stereocenters. The Morgan fingerprint density at radius 1 is 1.13 bits per heavy atom. The molecule has 1 saturated heterocycles. The number of hydrogen-bond acceptors (Lipinski definition) is 5. The quantitative estimate of drug-likeness (QED) is 0.609. The van der Waals surface area contributed by atoms with Gasteiger partial charge in [0.25, 0.3) is 11.8 Å². The van der Waals surface area contributed by atoms with Crippen LogP contribution in [-0.2, 0) is 20.8 Å². The Morgan fingerprint density at radius 3 is 2.53 bits per heavy atom. The topological polar surface area (TPSA) is 105 Å². The van der Waals surface area contributed by atoms with Gasteiger partial charge in [0.1, 0.15) is 24.1 Å². The monoisotopic (exact) mass is 410 g/mol. The molecule has 156 valence electrons. The van der Waals surface area contributed by atoms with Gasteiger partial charge in [-0.2, -0.15) is 0 Å². The number of nitrogens with zero attached hydrogens (tertiary/aromatic N) is 1. The molecule has 30 heavy (non-hydrogen) atoms. The number of rotatable bonds is 9. The summed E-state index contributed by atoms with van der Waals surface area (Å²) in [6.07, 6.45) is 2.14. The average Bonchev–Trinajstić information content (AvgIpc) is 2.76. The van der Waals surface area contributed by atoms with Crippen LogP contribution in [0.5, 0.6) is 11.5 Å². The molecule has 1 aliphatic heterocycles. The van der Waals surface area contributed by atoms with Crippen LogP contribution in [0.1, 0.15) is 5.56 Å². The molecular formula is C22H22N2O6. The highest BCUT2D eigenvalue weighted by molar-refractivity contribution is 5.99. The Labute approximate surface area is 173 Å². The van der Waals surface area contributed by atoms with Crippen molar-refractivity contribution in [1.29, 1.82) is 0 Å². The van der Waals surface area contributed by atoms with E-state index in [1.54, 1.807) is 37.5 Å². The summed E-state index contributed by atoms with van der Waals surface area (Å²) in [6, 6.07) is 15.3. The molecule has 0 spiro atoms. The summed E-state index contributed by atoms with van der Waals surface area (Å²) < 4.78 is 10.7. The van der Waals surface area contributed by atoms with Crippen LogP contribution in [0.2, 0.25) is 0 Å². The minimum absolute atomic E-state index is 0.257. The maximum absolute atomic E-state index is 12.4. The van der Waals surface area contributed by atoms with E-state index in [1.165, 1.54) is 0 Å². The smallest absolute Gasteiger partial charge is 0.323 e. The first kappa shape index (κ1) is 20.9. The SMILES string of the molecule is COc1ccccc1CC=C1C(NC(=O)COc2ccccc2)C(=O)N1CC(=O)O. The zero-order valence-corrected chi connectivity index (χ0v) is 16.4. The lowest BCUT2D eigenvalue weighted by Gasteiger charge is -2.40. The van der Waals surface area contributed by atoms with Crippen molar-refractivity contribution in [1.82, 2.24) is 10.2 Å². The standard InChI is InChI=1S/C22H22N2O6/c1-29-18-10-6-5-7-15(18)11-12-17-21(22(28)24(17)13-20(26)27)23-19(25)14-30-16-8-3-2-4-9-16/h2-10,12,21H,11,13-14H2,1H3,(H,23,25)(H,26,27). The highest BCUT2D eigenvalue weighted by Crippen LogP contribution is 2.26. The summed E-state index contributed by atoms with van der Waals surface area (Å²) in [5.74, 6) is -0.871. The van der Waals surface area contributed by atoms with Crippen molar-refractivity contribution in [2.45, 2.75) is 12.5 Å². The van der Waals surface area contributed by atoms with Crippen LogP contribution in [-0.4, -0.2) is 54.1 Å². The normalized spacial score (nSPS) is 16.7. The van der Waals surface area contributed by atoms with Crippen molar-refractivity contribution >= 4 is 17.8 Å². The highest BCUT2D eigenvalue weighted by Gasteiger charge is 2.44. The first-order valence-electron chi connectivity index (χ1n) is 9.32. The molecule has 8 heteroatoms. The van der Waals surface area contributed by atoms with Gasteiger partial charge in [0.05, 0.1) is 7.11 Å². The molecule has 2 N–H and O–H groups in total. The van der Waals surface area contributed by atoms with Gasteiger partial charge in [-0.05, 0) is 30.2 Å². The van der Waals surface area contributed by atoms with Crippen LogP contribution in [0.4, 0.5) is 0 Å². The number of aliphatic carboxylic acids is 1. The number of para-hydroxylation sites is 2. The number of carboxylic acids is 1. The molecule has 2 aromatic rings. The number of carboxylic acid groups (broad SMARTS) is 1. The van der Waals surface area contributed by atoms with Gasteiger partial charge in [0, 0.05) is 5.70 Å². The molecule has 2 aromatic carbocycles. The number of β-lactam (4-membered cyclic amide) rings is 1. The van der Waals surface area contributed by atoms with Gasteiger partial charge in [0.2, 0.25) is 0 Å². The maximum Gasteiger partial charge on any atom is 0.323 e. The molecule has 0 radical (unpaired) electrons. The van der Waals surface area contributed by atoms with E-state index in [1.807, 2.05) is 30.3 Å². The zero-order valence-electron chi connectivity index (χ0n) is 16.4. The summed E-state index contributed by atoms with van der Waals surface area (Å²) in [6.45, 7) is -0.726. The lowest BCUT2D eigenvalue weighted by atomic mass is 9.98. The number of allylic oxidation sites excluding steroid dienone is 1. The van der Waals surface area contributed by atoms with Crippen LogP contribution in [0, 0.1) is 0 Å². The number of methoxy groups -OCH3 is 1. The predicted molar refractivity (Wildman–Crippen MR) is 108 cm³/mol. The lowest BCUT2D eigenvalue weighted by molar-refractivity contribution is -0.149. The van der Waals surface area contributed by atoms with E-state index in [-0.39, 0.29) is 6.61 Å². The van der Waals surface area contributed by atoms with Gasteiger partial charge in [-0.25, -0.2) is 0 Å². The molecule has 3 rings (SSSR count). The van der Waals surface area contributed by atoms with E-state index in [0.717, 1.165) is 10.5 Å². The van der Waals surface area contributed by atoms with E-state index in [4.69, 9.17) is 14.6 Å². The third kappa shape index (κ3) is 4.96. The number of nitrogens with one attached hydrogen (secondary N) is 1. The van der Waals surface area contributed by atoms with Gasteiger partial charge in [-0.15, -0.1) is 0 Å². The third-order valence-corrected chi connectivity index (χ3v) is 4.56. The summed E-state index contributed by atoms with van der Waals surface area (Å²) in [5.41, 5.74) is 1.31. The van der Waals surface area contributed by atoms with E-state index < -0.39 is 30.4 Å². The number of amides is 2. The van der Waals surface area contributed by atoms with Gasteiger partial charge in [-0.1, -0.05) is 42.5 Å². The van der Waals surface area contributed by atoms with Crippen molar-refractivity contribution < 1.29 is 29.0 Å². The first-order chi connectivity index (χ1) is 14.5. The van der Waals surface area contributed by atoms with E-state index in [2.05, 4.69) is 5.32 Å². The first-order valence-corrected chi connectivity index (χ1v) is 9.32. The Hall–Kier alpha value is -3.81. The van der Waals surface area contributed by atoms with E-state index >= 15 is 0 Å². The molecule has 0 aromatic heterocycles. The van der Waals surface area contributed by atoms with Gasteiger partial charge in [0.15, 0.2) is 6.61 Å². The largest absolute Gasteiger partial charge is 0.496 e. The number of likely N-dealkylation sites (tertiary alicyclic amines) is 1. The van der Waals surface area contributed by atoms with Gasteiger partial charge in [-0.3, -0.25) is 14.4 Å². The number of carbonyl (C=O) groups is 3. The molecule has 1 unspecified atom stereocenters. The van der Waals surface area contributed by atoms with E-state index in [9.17, 15) is 14.4 Å². The fourth-order valence-electron chi connectivity index (χ4n) is 3.12. The highest BCUT2D eigenvalue weighted by atomic mass is 16.5. The van der Waals surface area contributed by atoms with Crippen LogP contribution < -0.4 is 14.8 Å². The summed E-state index contributed by atoms with van der Waals surface area (Å²) >= 11 is 0. The van der Waals surface area contributed by atoms with Crippen molar-refractivity contribution in [2.24, 2.45) is 0 Å². The second kappa shape index (κ2) is 9.60. The Bertz CT molecular complexity index is 957. The van der Waals surface area contributed by atoms with Crippen molar-refractivity contribution in [3.63, 3.8) is 0 Å². The van der Waals surface area contributed by atoms with Crippen molar-refractivity contribution in [2.75, 3.05) is 20.3 Å². The summed E-state index contributed by atoms with van der Waals surface area (Å²) in [4.78, 5) is 36.9. The second-order valence-corrected chi connectivity index (χ2v) is 6.57. The fourth-order valence-corrected chi connectivity index (χ4v) is 3.12.